The van der Waals surface area contributed by atoms with Gasteiger partial charge < -0.3 is 19.7 Å². The summed E-state index contributed by atoms with van der Waals surface area (Å²) < 4.78 is 7.91. The molecule has 2 atom stereocenters. The predicted octanol–water partition coefficient (Wildman–Crippen LogP) is 8.17. The molecule has 0 fully saturated rings. The first kappa shape index (κ1) is 31.0. The highest BCUT2D eigenvalue weighted by Gasteiger charge is 2.20. The number of hydrogen-bond donors (Lipinski definition) is 2. The second kappa shape index (κ2) is 13.7. The molecular formula is C33H41ClN2O4. The maximum absolute atomic E-state index is 13.2. The molecule has 1 aromatic heterocycles. The van der Waals surface area contributed by atoms with Crippen molar-refractivity contribution < 1.29 is 19.4 Å². The van der Waals surface area contributed by atoms with Gasteiger partial charge in [0.2, 0.25) is 0 Å². The van der Waals surface area contributed by atoms with E-state index in [4.69, 9.17) is 16.3 Å². The molecule has 3 aromatic rings. The Bertz CT molecular complexity index is 1430. The van der Waals surface area contributed by atoms with Crippen molar-refractivity contribution in [2.24, 2.45) is 0 Å². The van der Waals surface area contributed by atoms with Crippen molar-refractivity contribution in [2.45, 2.75) is 85.9 Å². The van der Waals surface area contributed by atoms with E-state index in [2.05, 4.69) is 49.7 Å². The quantitative estimate of drug-likeness (QED) is 0.172. The average Bonchev–Trinajstić information content (AvgIpc) is 3.18. The zero-order valence-electron chi connectivity index (χ0n) is 24.5. The van der Waals surface area contributed by atoms with E-state index < -0.39 is 12.1 Å². The Morgan fingerprint density at radius 2 is 1.80 bits per heavy atom. The normalized spacial score (nSPS) is 13.9. The molecule has 2 aromatic carbocycles. The third-order valence-electron chi connectivity index (χ3n) is 7.41. The first-order valence-corrected chi connectivity index (χ1v) is 14.3. The first-order chi connectivity index (χ1) is 19.0. The average molecular weight is 565 g/mol. The van der Waals surface area contributed by atoms with E-state index in [1.165, 1.54) is 5.56 Å². The highest BCUT2D eigenvalue weighted by molar-refractivity contribution is 6.31. The smallest absolute Gasteiger partial charge is 0.344 e. The third-order valence-corrected chi connectivity index (χ3v) is 7.82. The molecule has 214 valence electrons. The summed E-state index contributed by atoms with van der Waals surface area (Å²) >= 11 is 6.32. The van der Waals surface area contributed by atoms with E-state index in [0.717, 1.165) is 27.7 Å². The van der Waals surface area contributed by atoms with E-state index in [-0.39, 0.29) is 11.9 Å². The molecule has 6 nitrogen and oxygen atoms in total. The zero-order valence-corrected chi connectivity index (χ0v) is 25.3. The molecule has 0 aliphatic rings. The number of aliphatic carboxylic acids is 1. The maximum atomic E-state index is 13.2. The summed E-state index contributed by atoms with van der Waals surface area (Å²) in [5.41, 5.74) is 6.22. The largest absolute Gasteiger partial charge is 0.479 e. The lowest BCUT2D eigenvalue weighted by molar-refractivity contribution is -0.147. The third kappa shape index (κ3) is 7.16. The first-order valence-electron chi connectivity index (χ1n) is 13.9. The van der Waals surface area contributed by atoms with Crippen molar-refractivity contribution in [1.82, 2.24) is 9.88 Å². The van der Waals surface area contributed by atoms with Gasteiger partial charge >= 0.3 is 5.97 Å². The minimum absolute atomic E-state index is 0.108. The van der Waals surface area contributed by atoms with Gasteiger partial charge in [-0.2, -0.15) is 0 Å². The van der Waals surface area contributed by atoms with Crippen LogP contribution in [-0.2, 0) is 16.1 Å². The molecule has 0 saturated carbocycles. The van der Waals surface area contributed by atoms with Crippen LogP contribution >= 0.6 is 11.6 Å². The van der Waals surface area contributed by atoms with Gasteiger partial charge in [-0.1, -0.05) is 62.7 Å². The van der Waals surface area contributed by atoms with E-state index >= 15 is 0 Å². The van der Waals surface area contributed by atoms with Crippen LogP contribution in [0.15, 0.2) is 65.4 Å². The topological polar surface area (TPSA) is 80.6 Å². The molecule has 0 bridgehead atoms. The SMILES string of the molecule is CC=C(Cl)C(=CCCn1c(C)c(C)c2cc(C(=O)NC(C)c3cccc(C(C)C)c3)ccc21)OC(CC)C(=O)O. The summed E-state index contributed by atoms with van der Waals surface area (Å²) in [5.74, 6) is -0.330. The molecule has 0 spiro atoms. The minimum Gasteiger partial charge on any atom is -0.479 e. The van der Waals surface area contributed by atoms with Crippen LogP contribution < -0.4 is 5.32 Å². The molecule has 2 N–H and O–H groups in total. The maximum Gasteiger partial charge on any atom is 0.344 e. The Kier molecular flexibility index (Phi) is 10.6. The number of carboxylic acid groups (broad SMARTS) is 1. The van der Waals surface area contributed by atoms with Crippen molar-refractivity contribution in [2.75, 3.05) is 0 Å². The molecule has 1 heterocycles. The van der Waals surface area contributed by atoms with E-state index in [1.807, 2.05) is 43.3 Å². The van der Waals surface area contributed by atoms with E-state index in [0.29, 0.717) is 41.7 Å². The Balaban J connectivity index is 1.80. The van der Waals surface area contributed by atoms with Gasteiger partial charge in [0.25, 0.3) is 5.91 Å². The number of allylic oxidation sites excluding steroid dienone is 3. The van der Waals surface area contributed by atoms with Crippen molar-refractivity contribution in [3.63, 3.8) is 0 Å². The molecule has 2 unspecified atom stereocenters. The number of carboxylic acids is 1. The number of nitrogens with zero attached hydrogens (tertiary/aromatic N) is 1. The van der Waals surface area contributed by atoms with Crippen LogP contribution in [0.2, 0.25) is 0 Å². The van der Waals surface area contributed by atoms with E-state index in [9.17, 15) is 14.7 Å². The van der Waals surface area contributed by atoms with Crippen LogP contribution in [0.1, 0.15) is 92.2 Å². The highest BCUT2D eigenvalue weighted by Crippen LogP contribution is 2.28. The fraction of sp³-hybridized carbons (Fsp3) is 0.394. The number of amides is 1. The summed E-state index contributed by atoms with van der Waals surface area (Å²) in [6.07, 6.45) is 3.50. The van der Waals surface area contributed by atoms with Crippen molar-refractivity contribution >= 4 is 34.4 Å². The number of hydrogen-bond acceptors (Lipinski definition) is 3. The van der Waals surface area contributed by atoms with Crippen LogP contribution in [0.5, 0.6) is 0 Å². The number of carbonyl (C=O) groups is 2. The van der Waals surface area contributed by atoms with Crippen LogP contribution in [0.3, 0.4) is 0 Å². The van der Waals surface area contributed by atoms with Crippen molar-refractivity contribution in [3.05, 3.63) is 93.4 Å². The number of halogens is 1. The molecular weight excluding hydrogens is 524 g/mol. The number of benzene rings is 2. The molecule has 7 heteroatoms. The monoisotopic (exact) mass is 564 g/mol. The number of aryl methyl sites for hydroxylation is 2. The summed E-state index contributed by atoms with van der Waals surface area (Å²) in [7, 11) is 0. The number of aromatic nitrogens is 1. The lowest BCUT2D eigenvalue weighted by Gasteiger charge is -2.17. The fourth-order valence-electron chi connectivity index (χ4n) is 4.76. The number of ether oxygens (including phenoxy) is 1. The van der Waals surface area contributed by atoms with Gasteiger partial charge in [-0.05, 0) is 87.4 Å². The van der Waals surface area contributed by atoms with Gasteiger partial charge in [0.1, 0.15) is 5.76 Å². The lowest BCUT2D eigenvalue weighted by atomic mass is 9.98. The Hall–Kier alpha value is -3.51. The molecule has 0 aliphatic carbocycles. The summed E-state index contributed by atoms with van der Waals surface area (Å²) in [6.45, 7) is 14.7. The number of rotatable bonds is 12. The van der Waals surface area contributed by atoms with Crippen molar-refractivity contribution in [1.29, 1.82) is 0 Å². The second-order valence-corrected chi connectivity index (χ2v) is 10.9. The molecule has 0 aliphatic heterocycles. The van der Waals surface area contributed by atoms with Crippen LogP contribution in [0, 0.1) is 13.8 Å². The second-order valence-electron chi connectivity index (χ2n) is 10.5. The molecule has 0 saturated heterocycles. The van der Waals surface area contributed by atoms with Gasteiger partial charge in [-0.3, -0.25) is 4.79 Å². The summed E-state index contributed by atoms with van der Waals surface area (Å²) in [6, 6.07) is 14.1. The molecule has 0 radical (unpaired) electrons. The number of fused-ring (bicyclic) bond motifs is 1. The van der Waals surface area contributed by atoms with E-state index in [1.54, 1.807) is 19.9 Å². The Morgan fingerprint density at radius 3 is 2.42 bits per heavy atom. The minimum atomic E-state index is -1.02. The fourth-order valence-corrected chi connectivity index (χ4v) is 4.88. The van der Waals surface area contributed by atoms with Gasteiger partial charge in [0.05, 0.1) is 11.1 Å². The Morgan fingerprint density at radius 1 is 1.10 bits per heavy atom. The summed E-state index contributed by atoms with van der Waals surface area (Å²) in [4.78, 5) is 24.7. The molecule has 3 rings (SSSR count). The lowest BCUT2D eigenvalue weighted by Crippen LogP contribution is -2.26. The van der Waals surface area contributed by atoms with Gasteiger partial charge in [-0.15, -0.1) is 0 Å². The standard InChI is InChI=1S/C33H41ClN2O4/c1-8-28(34)31(40-30(9-2)33(38)39)14-11-17-36-23(7)21(5)27-19-26(15-16-29(27)36)32(37)35-22(6)25-13-10-12-24(18-25)20(3)4/h8,10,12-16,18-20,22,30H,9,11,17H2,1-7H3,(H,35,37)(H,38,39). The van der Waals surface area contributed by atoms with Gasteiger partial charge in [-0.25, -0.2) is 4.79 Å². The number of carbonyl (C=O) groups excluding carboxylic acids is 1. The van der Waals surface area contributed by atoms with Gasteiger partial charge in [0, 0.05) is 28.7 Å². The zero-order chi connectivity index (χ0) is 29.6. The highest BCUT2D eigenvalue weighted by atomic mass is 35.5. The summed E-state index contributed by atoms with van der Waals surface area (Å²) in [5, 5.41) is 13.9. The van der Waals surface area contributed by atoms with Crippen LogP contribution in [0.4, 0.5) is 0 Å². The Labute approximate surface area is 242 Å². The van der Waals surface area contributed by atoms with Crippen LogP contribution in [-0.4, -0.2) is 27.7 Å². The number of nitrogens with one attached hydrogen (secondary N) is 1. The predicted molar refractivity (Wildman–Crippen MR) is 163 cm³/mol. The molecule has 1 amide bonds. The molecule has 40 heavy (non-hydrogen) atoms. The van der Waals surface area contributed by atoms with Crippen LogP contribution in [0.25, 0.3) is 10.9 Å². The van der Waals surface area contributed by atoms with Crippen molar-refractivity contribution in [3.8, 4) is 0 Å². The van der Waals surface area contributed by atoms with Gasteiger partial charge in [0.15, 0.2) is 6.10 Å².